The lowest BCUT2D eigenvalue weighted by Crippen LogP contribution is -2.40. The van der Waals surface area contributed by atoms with Crippen molar-refractivity contribution in [3.8, 4) is 6.07 Å². The second-order valence-electron chi connectivity index (χ2n) is 7.16. The molecule has 0 spiro atoms. The second-order valence-corrected chi connectivity index (χ2v) is 7.16. The number of alkyl halides is 2. The highest BCUT2D eigenvalue weighted by molar-refractivity contribution is 5.95. The van der Waals surface area contributed by atoms with Gasteiger partial charge in [0.05, 0.1) is 16.7 Å². The van der Waals surface area contributed by atoms with Crippen molar-refractivity contribution in [1.29, 1.82) is 5.26 Å². The van der Waals surface area contributed by atoms with Gasteiger partial charge in [0.25, 0.3) is 5.92 Å². The molecule has 0 radical (unpaired) electrons. The second kappa shape index (κ2) is 6.80. The number of aryl methyl sites for hydroxylation is 2. The van der Waals surface area contributed by atoms with E-state index in [0.717, 1.165) is 18.2 Å². The topological polar surface area (TPSA) is 84.8 Å². The van der Waals surface area contributed by atoms with Crippen molar-refractivity contribution in [2.75, 3.05) is 25.0 Å². The maximum Gasteiger partial charge on any atom is 0.288 e. The molecule has 0 atom stereocenters. The molecule has 2 N–H and O–H groups in total. The van der Waals surface area contributed by atoms with Crippen LogP contribution in [0.5, 0.6) is 0 Å². The number of aromatic amines is 1. The molecule has 1 aliphatic rings. The Morgan fingerprint density at radius 1 is 1.37 bits per heavy atom. The number of amides is 1. The molecule has 1 fully saturated rings. The Hall–Kier alpha value is -2.69. The van der Waals surface area contributed by atoms with Crippen LogP contribution in [0.3, 0.4) is 0 Å². The SMILES string of the molecule is CNC(=O)C1CCN(c2c(C#N)c(C(C)(F)F)nc3c(C)c(C)[nH]c23)CC1. The molecule has 1 saturated heterocycles. The van der Waals surface area contributed by atoms with E-state index in [0.29, 0.717) is 42.7 Å². The van der Waals surface area contributed by atoms with Crippen LogP contribution in [0.4, 0.5) is 14.5 Å². The predicted octanol–water partition coefficient (Wildman–Crippen LogP) is 3.13. The molecule has 2 aromatic heterocycles. The molecular weight excluding hydrogens is 352 g/mol. The van der Waals surface area contributed by atoms with Crippen LogP contribution in [0.2, 0.25) is 0 Å². The van der Waals surface area contributed by atoms with Crippen molar-refractivity contribution in [1.82, 2.24) is 15.3 Å². The molecule has 144 valence electrons. The summed E-state index contributed by atoms with van der Waals surface area (Å²) in [4.78, 5) is 21.2. The Balaban J connectivity index is 2.15. The summed E-state index contributed by atoms with van der Waals surface area (Å²) >= 11 is 0. The number of H-pyrrole nitrogens is 1. The van der Waals surface area contributed by atoms with Gasteiger partial charge in [-0.25, -0.2) is 4.98 Å². The quantitative estimate of drug-likeness (QED) is 0.863. The normalized spacial score (nSPS) is 15.8. The summed E-state index contributed by atoms with van der Waals surface area (Å²) in [6.45, 7) is 5.47. The van der Waals surface area contributed by atoms with E-state index < -0.39 is 11.6 Å². The fourth-order valence-corrected chi connectivity index (χ4v) is 3.73. The zero-order valence-corrected chi connectivity index (χ0v) is 15.9. The van der Waals surface area contributed by atoms with E-state index in [1.807, 2.05) is 24.8 Å². The smallest absolute Gasteiger partial charge is 0.288 e. The number of carbonyl (C=O) groups is 1. The number of halogens is 2. The first-order valence-corrected chi connectivity index (χ1v) is 8.96. The van der Waals surface area contributed by atoms with Crippen molar-refractivity contribution < 1.29 is 13.6 Å². The molecule has 0 saturated carbocycles. The molecule has 2 aromatic rings. The van der Waals surface area contributed by atoms with Gasteiger partial charge in [0, 0.05) is 38.7 Å². The highest BCUT2D eigenvalue weighted by Gasteiger charge is 2.36. The number of anilines is 1. The number of aromatic nitrogens is 2. The summed E-state index contributed by atoms with van der Waals surface area (Å²) in [6, 6.07) is 1.95. The molecule has 0 aliphatic carbocycles. The van der Waals surface area contributed by atoms with Crippen molar-refractivity contribution in [3.63, 3.8) is 0 Å². The molecular formula is C19H23F2N5O. The first kappa shape index (κ1) is 19.1. The van der Waals surface area contributed by atoms with Gasteiger partial charge in [-0.2, -0.15) is 14.0 Å². The molecule has 1 aliphatic heterocycles. The van der Waals surface area contributed by atoms with Crippen LogP contribution < -0.4 is 10.2 Å². The summed E-state index contributed by atoms with van der Waals surface area (Å²) in [6.07, 6.45) is 1.20. The van der Waals surface area contributed by atoms with Crippen molar-refractivity contribution in [3.05, 3.63) is 22.5 Å². The van der Waals surface area contributed by atoms with E-state index in [2.05, 4.69) is 15.3 Å². The molecule has 3 rings (SSSR count). The minimum absolute atomic E-state index is 0.0117. The first-order chi connectivity index (χ1) is 12.7. The number of hydrogen-bond donors (Lipinski definition) is 2. The number of nitrogens with zero attached hydrogens (tertiary/aromatic N) is 3. The van der Waals surface area contributed by atoms with Gasteiger partial charge in [-0.05, 0) is 32.3 Å². The maximum absolute atomic E-state index is 14.2. The standard InChI is InChI=1S/C19H23F2N5O/c1-10-11(2)24-15-14(10)25-17(19(3,20)21)13(9-22)16(15)26-7-5-12(6-8-26)18(27)23-4/h12,24H,5-8H2,1-4H3,(H,23,27). The van der Waals surface area contributed by atoms with Crippen LogP contribution in [-0.2, 0) is 10.7 Å². The predicted molar refractivity (Wildman–Crippen MR) is 98.9 cm³/mol. The van der Waals surface area contributed by atoms with Gasteiger partial charge >= 0.3 is 0 Å². The minimum Gasteiger partial charge on any atom is -0.369 e. The number of nitriles is 1. The number of fused-ring (bicyclic) bond motifs is 1. The lowest BCUT2D eigenvalue weighted by Gasteiger charge is -2.34. The number of nitrogens with one attached hydrogen (secondary N) is 2. The van der Waals surface area contributed by atoms with Gasteiger partial charge in [-0.15, -0.1) is 0 Å². The van der Waals surface area contributed by atoms with Crippen molar-refractivity contribution in [2.45, 2.75) is 39.5 Å². The Labute approximate surface area is 156 Å². The molecule has 0 aromatic carbocycles. The highest BCUT2D eigenvalue weighted by atomic mass is 19.3. The summed E-state index contributed by atoms with van der Waals surface area (Å²) in [5.41, 5.74) is 2.56. The van der Waals surface area contributed by atoms with Crippen molar-refractivity contribution >= 4 is 22.6 Å². The third-order valence-electron chi connectivity index (χ3n) is 5.36. The zero-order chi connectivity index (χ0) is 19.9. The first-order valence-electron chi connectivity index (χ1n) is 8.96. The molecule has 6 nitrogen and oxygen atoms in total. The van der Waals surface area contributed by atoms with Gasteiger partial charge in [0.15, 0.2) is 0 Å². The number of carbonyl (C=O) groups excluding carboxylic acids is 1. The lowest BCUT2D eigenvalue weighted by molar-refractivity contribution is -0.125. The van der Waals surface area contributed by atoms with Gasteiger partial charge < -0.3 is 15.2 Å². The fraction of sp³-hybridized carbons (Fsp3) is 0.526. The lowest BCUT2D eigenvalue weighted by atomic mass is 9.94. The van der Waals surface area contributed by atoms with Gasteiger partial charge in [-0.1, -0.05) is 0 Å². The summed E-state index contributed by atoms with van der Waals surface area (Å²) in [5.74, 6) is -3.35. The zero-order valence-electron chi connectivity index (χ0n) is 15.9. The summed E-state index contributed by atoms with van der Waals surface area (Å²) in [5, 5.41) is 12.3. The van der Waals surface area contributed by atoms with E-state index in [9.17, 15) is 18.8 Å². The van der Waals surface area contributed by atoms with Crippen LogP contribution >= 0.6 is 0 Å². The number of rotatable bonds is 3. The van der Waals surface area contributed by atoms with Crippen molar-refractivity contribution in [2.24, 2.45) is 5.92 Å². The van der Waals surface area contributed by atoms with Crippen LogP contribution in [0.15, 0.2) is 0 Å². The molecule has 0 bridgehead atoms. The van der Waals surface area contributed by atoms with E-state index in [1.54, 1.807) is 7.05 Å². The van der Waals surface area contributed by atoms with E-state index in [4.69, 9.17) is 0 Å². The van der Waals surface area contributed by atoms with Gasteiger partial charge in [0.2, 0.25) is 5.91 Å². The average molecular weight is 375 g/mol. The monoisotopic (exact) mass is 375 g/mol. The Morgan fingerprint density at radius 3 is 2.52 bits per heavy atom. The third-order valence-corrected chi connectivity index (χ3v) is 5.36. The number of hydrogen-bond acceptors (Lipinski definition) is 4. The minimum atomic E-state index is -3.23. The Bertz CT molecular complexity index is 930. The number of pyridine rings is 1. The molecule has 8 heteroatoms. The van der Waals surface area contributed by atoms with Gasteiger partial charge in [0.1, 0.15) is 17.3 Å². The largest absolute Gasteiger partial charge is 0.369 e. The summed E-state index contributed by atoms with van der Waals surface area (Å²) in [7, 11) is 1.61. The highest BCUT2D eigenvalue weighted by Crippen LogP contribution is 2.40. The molecule has 1 amide bonds. The third kappa shape index (κ3) is 3.22. The van der Waals surface area contributed by atoms with Gasteiger partial charge in [-0.3, -0.25) is 4.79 Å². The summed E-state index contributed by atoms with van der Waals surface area (Å²) < 4.78 is 28.5. The van der Waals surface area contributed by atoms with E-state index >= 15 is 0 Å². The Morgan fingerprint density at radius 2 is 2.00 bits per heavy atom. The molecule has 3 heterocycles. The molecule has 0 unspecified atom stereocenters. The van der Waals surface area contributed by atoms with Crippen LogP contribution in [-0.4, -0.2) is 36.0 Å². The fourth-order valence-electron chi connectivity index (χ4n) is 3.73. The Kier molecular flexibility index (Phi) is 4.81. The van der Waals surface area contributed by atoms with E-state index in [1.165, 1.54) is 0 Å². The molecule has 27 heavy (non-hydrogen) atoms. The van der Waals surface area contributed by atoms with Crippen LogP contribution in [0, 0.1) is 31.1 Å². The van der Waals surface area contributed by atoms with Crippen LogP contribution in [0.25, 0.3) is 11.0 Å². The van der Waals surface area contributed by atoms with Crippen LogP contribution in [0.1, 0.15) is 42.3 Å². The average Bonchev–Trinajstić information content (AvgIpc) is 2.93. The number of piperidine rings is 1. The maximum atomic E-state index is 14.2. The van der Waals surface area contributed by atoms with E-state index in [-0.39, 0.29) is 17.4 Å².